The molecule has 0 saturated heterocycles. The molecule has 1 heterocycles. The maximum atomic E-state index is 5.84. The van der Waals surface area contributed by atoms with Gasteiger partial charge >= 0.3 is 0 Å². The molecule has 2 aromatic rings. The first-order valence-electron chi connectivity index (χ1n) is 5.47. The van der Waals surface area contributed by atoms with Crippen molar-refractivity contribution in [3.8, 4) is 23.8 Å². The highest BCUT2D eigenvalue weighted by atomic mass is 16.5. The van der Waals surface area contributed by atoms with Crippen molar-refractivity contribution in [1.29, 1.82) is 0 Å². The third-order valence-electron chi connectivity index (χ3n) is 2.78. The molecular weight excluding hydrogens is 210 g/mol. The van der Waals surface area contributed by atoms with Crippen LogP contribution in [0.15, 0.2) is 48.5 Å². The summed E-state index contributed by atoms with van der Waals surface area (Å²) in [4.78, 5) is 2.09. The van der Waals surface area contributed by atoms with Gasteiger partial charge in [-0.3, -0.25) is 0 Å². The van der Waals surface area contributed by atoms with E-state index in [1.807, 2.05) is 48.5 Å². The molecule has 3 rings (SSSR count). The van der Waals surface area contributed by atoms with E-state index in [9.17, 15) is 0 Å². The largest absolute Gasteiger partial charge is 0.453 e. The Morgan fingerprint density at radius 2 is 1.47 bits per heavy atom. The van der Waals surface area contributed by atoms with Gasteiger partial charge in [-0.25, -0.2) is 0 Å². The molecule has 0 aliphatic carbocycles. The lowest BCUT2D eigenvalue weighted by molar-refractivity contribution is 0.474. The Labute approximate surface area is 100 Å². The lowest BCUT2D eigenvalue weighted by Gasteiger charge is -2.31. The molecular formula is C15H11NO. The zero-order valence-corrected chi connectivity index (χ0v) is 9.26. The highest BCUT2D eigenvalue weighted by Crippen LogP contribution is 2.45. The Bertz CT molecular complexity index is 552. The number of hydrogen-bond donors (Lipinski definition) is 0. The minimum absolute atomic E-state index is 0.539. The van der Waals surface area contributed by atoms with E-state index in [2.05, 4.69) is 10.8 Å². The molecule has 2 aromatic carbocycles. The molecule has 0 radical (unpaired) electrons. The molecule has 0 unspecified atom stereocenters. The van der Waals surface area contributed by atoms with Gasteiger partial charge < -0.3 is 9.64 Å². The fraction of sp³-hybridized carbons (Fsp3) is 0.0667. The van der Waals surface area contributed by atoms with E-state index in [1.54, 1.807) is 0 Å². The molecule has 0 atom stereocenters. The maximum Gasteiger partial charge on any atom is 0.151 e. The van der Waals surface area contributed by atoms with Gasteiger partial charge in [-0.2, -0.15) is 0 Å². The van der Waals surface area contributed by atoms with Gasteiger partial charge in [0.25, 0.3) is 0 Å². The van der Waals surface area contributed by atoms with Gasteiger partial charge in [0.1, 0.15) is 0 Å². The van der Waals surface area contributed by atoms with Crippen LogP contribution in [-0.2, 0) is 0 Å². The second kappa shape index (κ2) is 3.88. The number of ether oxygens (including phenoxy) is 1. The van der Waals surface area contributed by atoms with Crippen molar-refractivity contribution in [3.05, 3.63) is 48.5 Å². The molecule has 1 aliphatic heterocycles. The Morgan fingerprint density at radius 1 is 0.941 bits per heavy atom. The predicted octanol–water partition coefficient (Wildman–Crippen LogP) is 3.56. The van der Waals surface area contributed by atoms with Gasteiger partial charge in [0.15, 0.2) is 11.5 Å². The normalized spacial score (nSPS) is 12.1. The number of hydrogen-bond acceptors (Lipinski definition) is 2. The molecule has 82 valence electrons. The molecule has 0 saturated carbocycles. The molecule has 0 fully saturated rings. The summed E-state index contributed by atoms with van der Waals surface area (Å²) in [5.41, 5.74) is 2.04. The van der Waals surface area contributed by atoms with Crippen LogP contribution in [0, 0.1) is 12.3 Å². The van der Waals surface area contributed by atoms with Crippen molar-refractivity contribution in [2.45, 2.75) is 0 Å². The van der Waals surface area contributed by atoms with Gasteiger partial charge in [-0.15, -0.1) is 6.42 Å². The molecule has 0 spiro atoms. The molecule has 0 bridgehead atoms. The number of para-hydroxylation sites is 4. The number of benzene rings is 2. The summed E-state index contributed by atoms with van der Waals surface area (Å²) in [6.45, 7) is 0.539. The van der Waals surface area contributed by atoms with Crippen LogP contribution in [0.3, 0.4) is 0 Å². The first-order chi connectivity index (χ1) is 8.40. The monoisotopic (exact) mass is 221 g/mol. The summed E-state index contributed by atoms with van der Waals surface area (Å²) >= 11 is 0. The van der Waals surface area contributed by atoms with Crippen LogP contribution in [0.4, 0.5) is 11.4 Å². The second-order valence-corrected chi connectivity index (χ2v) is 3.83. The van der Waals surface area contributed by atoms with Gasteiger partial charge in [-0.1, -0.05) is 30.2 Å². The SMILES string of the molecule is C#CCN1c2ccccc2Oc2ccccc21. The average Bonchev–Trinajstić information content (AvgIpc) is 2.39. The summed E-state index contributed by atoms with van der Waals surface area (Å²) < 4.78 is 5.84. The van der Waals surface area contributed by atoms with E-state index in [0.29, 0.717) is 6.54 Å². The van der Waals surface area contributed by atoms with Crippen molar-refractivity contribution >= 4 is 11.4 Å². The Balaban J connectivity index is 2.18. The minimum Gasteiger partial charge on any atom is -0.453 e. The first-order valence-corrected chi connectivity index (χ1v) is 5.47. The zero-order valence-electron chi connectivity index (χ0n) is 9.26. The van der Waals surface area contributed by atoms with E-state index in [4.69, 9.17) is 11.2 Å². The average molecular weight is 221 g/mol. The summed E-state index contributed by atoms with van der Waals surface area (Å²) in [5.74, 6) is 4.39. The molecule has 0 aromatic heterocycles. The van der Waals surface area contributed by atoms with Crippen molar-refractivity contribution in [2.24, 2.45) is 0 Å². The summed E-state index contributed by atoms with van der Waals surface area (Å²) in [5, 5.41) is 0. The molecule has 2 heteroatoms. The van der Waals surface area contributed by atoms with E-state index >= 15 is 0 Å². The lowest BCUT2D eigenvalue weighted by Crippen LogP contribution is -2.21. The number of anilines is 2. The van der Waals surface area contributed by atoms with Gasteiger partial charge in [0, 0.05) is 0 Å². The minimum atomic E-state index is 0.539. The smallest absolute Gasteiger partial charge is 0.151 e. The third-order valence-corrected chi connectivity index (χ3v) is 2.78. The van der Waals surface area contributed by atoms with E-state index in [-0.39, 0.29) is 0 Å². The summed E-state index contributed by atoms with van der Waals surface area (Å²) in [7, 11) is 0. The fourth-order valence-corrected chi connectivity index (χ4v) is 2.04. The summed E-state index contributed by atoms with van der Waals surface area (Å²) in [6, 6.07) is 15.8. The number of nitrogens with zero attached hydrogens (tertiary/aromatic N) is 1. The predicted molar refractivity (Wildman–Crippen MR) is 68.8 cm³/mol. The van der Waals surface area contributed by atoms with Crippen molar-refractivity contribution < 1.29 is 4.74 Å². The number of rotatable bonds is 1. The molecule has 0 amide bonds. The number of terminal acetylenes is 1. The highest BCUT2D eigenvalue weighted by molar-refractivity contribution is 5.78. The lowest BCUT2D eigenvalue weighted by atomic mass is 10.1. The fourth-order valence-electron chi connectivity index (χ4n) is 2.04. The van der Waals surface area contributed by atoms with Crippen LogP contribution in [-0.4, -0.2) is 6.54 Å². The third kappa shape index (κ3) is 1.53. The molecule has 17 heavy (non-hydrogen) atoms. The van der Waals surface area contributed by atoms with Crippen LogP contribution in [0.2, 0.25) is 0 Å². The van der Waals surface area contributed by atoms with Gasteiger partial charge in [-0.05, 0) is 24.3 Å². The van der Waals surface area contributed by atoms with Crippen molar-refractivity contribution in [2.75, 3.05) is 11.4 Å². The quantitative estimate of drug-likeness (QED) is 0.683. The summed E-state index contributed by atoms with van der Waals surface area (Å²) in [6.07, 6.45) is 5.44. The van der Waals surface area contributed by atoms with Crippen LogP contribution in [0.25, 0.3) is 0 Å². The van der Waals surface area contributed by atoms with E-state index in [1.165, 1.54) is 0 Å². The van der Waals surface area contributed by atoms with Crippen LogP contribution >= 0.6 is 0 Å². The van der Waals surface area contributed by atoms with Crippen LogP contribution < -0.4 is 9.64 Å². The zero-order chi connectivity index (χ0) is 11.7. The van der Waals surface area contributed by atoms with E-state index < -0.39 is 0 Å². The Kier molecular flexibility index (Phi) is 2.23. The number of fused-ring (bicyclic) bond motifs is 2. The van der Waals surface area contributed by atoms with Gasteiger partial charge in [0.05, 0.1) is 17.9 Å². The molecule has 2 nitrogen and oxygen atoms in total. The first kappa shape index (κ1) is 9.80. The molecule has 1 aliphatic rings. The topological polar surface area (TPSA) is 12.5 Å². The maximum absolute atomic E-state index is 5.84. The van der Waals surface area contributed by atoms with Crippen molar-refractivity contribution in [3.63, 3.8) is 0 Å². The highest BCUT2D eigenvalue weighted by Gasteiger charge is 2.22. The van der Waals surface area contributed by atoms with Crippen molar-refractivity contribution in [1.82, 2.24) is 0 Å². The standard InChI is InChI=1S/C15H11NO/c1-2-11-16-12-7-3-5-9-14(12)17-15-10-6-4-8-13(15)16/h1,3-10H,11H2. The van der Waals surface area contributed by atoms with Crippen LogP contribution in [0.5, 0.6) is 11.5 Å². The second-order valence-electron chi connectivity index (χ2n) is 3.83. The van der Waals surface area contributed by atoms with E-state index in [0.717, 1.165) is 22.9 Å². The van der Waals surface area contributed by atoms with Crippen LogP contribution in [0.1, 0.15) is 0 Å². The van der Waals surface area contributed by atoms with Gasteiger partial charge in [0.2, 0.25) is 0 Å². The Hall–Kier alpha value is -2.40. The molecule has 0 N–H and O–H groups in total. The Morgan fingerprint density at radius 3 is 2.00 bits per heavy atom.